The lowest BCUT2D eigenvalue weighted by molar-refractivity contribution is -0.140. The fraction of sp³-hybridized carbons (Fsp3) is 0.467. The zero-order valence-corrected chi connectivity index (χ0v) is 11.6. The highest BCUT2D eigenvalue weighted by atomic mass is 16.5. The van der Waals surface area contributed by atoms with E-state index in [0.717, 1.165) is 42.7 Å². The molecular weight excluding hydrogens is 240 g/mol. The molecule has 0 fully saturated rings. The Morgan fingerprint density at radius 3 is 2.89 bits per heavy atom. The van der Waals surface area contributed by atoms with Gasteiger partial charge in [-0.05, 0) is 25.0 Å². The maximum Gasteiger partial charge on any atom is 0.305 e. The first-order valence-corrected chi connectivity index (χ1v) is 6.77. The summed E-state index contributed by atoms with van der Waals surface area (Å²) in [4.78, 5) is 15.8. The van der Waals surface area contributed by atoms with Crippen molar-refractivity contribution < 1.29 is 9.53 Å². The molecule has 2 aromatic rings. The quantitative estimate of drug-likeness (QED) is 0.750. The number of carbonyl (C=O) groups is 1. The molecule has 1 heterocycles. The van der Waals surface area contributed by atoms with Crippen molar-refractivity contribution in [2.75, 3.05) is 7.11 Å². The Kier molecular flexibility index (Phi) is 4.55. The molecule has 0 saturated carbocycles. The average Bonchev–Trinajstić information content (AvgIpc) is 2.77. The van der Waals surface area contributed by atoms with Crippen LogP contribution in [0.25, 0.3) is 11.0 Å². The molecular formula is C15H20N2O2. The van der Waals surface area contributed by atoms with E-state index < -0.39 is 0 Å². The third-order valence-corrected chi connectivity index (χ3v) is 3.20. The fourth-order valence-corrected chi connectivity index (χ4v) is 2.27. The number of carbonyl (C=O) groups excluding carboxylic acids is 1. The normalized spacial score (nSPS) is 10.8. The second-order valence-corrected chi connectivity index (χ2v) is 4.60. The van der Waals surface area contributed by atoms with Gasteiger partial charge in [-0.15, -0.1) is 0 Å². The Balaban J connectivity index is 2.18. The smallest absolute Gasteiger partial charge is 0.305 e. The van der Waals surface area contributed by atoms with Crippen molar-refractivity contribution in [1.29, 1.82) is 0 Å². The molecule has 2 rings (SSSR count). The van der Waals surface area contributed by atoms with E-state index in [2.05, 4.69) is 27.3 Å². The molecule has 0 spiro atoms. The number of hydrogen-bond acceptors (Lipinski definition) is 3. The van der Waals surface area contributed by atoms with E-state index in [4.69, 9.17) is 0 Å². The number of benzene rings is 1. The van der Waals surface area contributed by atoms with Gasteiger partial charge < -0.3 is 9.30 Å². The summed E-state index contributed by atoms with van der Waals surface area (Å²) in [5.74, 6) is 0.954. The van der Waals surface area contributed by atoms with Gasteiger partial charge in [0, 0.05) is 19.4 Å². The van der Waals surface area contributed by atoms with Crippen LogP contribution >= 0.6 is 0 Å². The summed E-state index contributed by atoms with van der Waals surface area (Å²) in [6, 6.07) is 8.14. The summed E-state index contributed by atoms with van der Waals surface area (Å²) in [6.45, 7) is 2.96. The SMILES string of the molecule is CCCc1nc2ccccc2n1CCCC(=O)OC. The molecule has 0 bridgehead atoms. The maximum atomic E-state index is 11.2. The summed E-state index contributed by atoms with van der Waals surface area (Å²) in [5, 5.41) is 0. The summed E-state index contributed by atoms with van der Waals surface area (Å²) in [7, 11) is 1.43. The molecule has 0 unspecified atom stereocenters. The van der Waals surface area contributed by atoms with Crippen LogP contribution < -0.4 is 0 Å². The molecule has 0 saturated heterocycles. The van der Waals surface area contributed by atoms with Gasteiger partial charge in [0.1, 0.15) is 5.82 Å². The Morgan fingerprint density at radius 2 is 2.16 bits per heavy atom. The van der Waals surface area contributed by atoms with Crippen LogP contribution in [0.3, 0.4) is 0 Å². The van der Waals surface area contributed by atoms with Gasteiger partial charge >= 0.3 is 5.97 Å². The van der Waals surface area contributed by atoms with Crippen molar-refractivity contribution in [3.8, 4) is 0 Å². The Labute approximate surface area is 113 Å². The number of aryl methyl sites for hydroxylation is 2. The Bertz CT molecular complexity index is 560. The highest BCUT2D eigenvalue weighted by Gasteiger charge is 2.10. The highest BCUT2D eigenvalue weighted by Crippen LogP contribution is 2.18. The molecule has 4 heteroatoms. The monoisotopic (exact) mass is 260 g/mol. The van der Waals surface area contributed by atoms with Crippen LogP contribution in [0.4, 0.5) is 0 Å². The minimum Gasteiger partial charge on any atom is -0.469 e. The largest absolute Gasteiger partial charge is 0.469 e. The van der Waals surface area contributed by atoms with E-state index in [-0.39, 0.29) is 5.97 Å². The van der Waals surface area contributed by atoms with Crippen molar-refractivity contribution in [3.63, 3.8) is 0 Å². The molecule has 19 heavy (non-hydrogen) atoms. The van der Waals surface area contributed by atoms with E-state index in [0.29, 0.717) is 6.42 Å². The zero-order chi connectivity index (χ0) is 13.7. The number of hydrogen-bond donors (Lipinski definition) is 0. The lowest BCUT2D eigenvalue weighted by atomic mass is 10.2. The van der Waals surface area contributed by atoms with Gasteiger partial charge in [0.15, 0.2) is 0 Å². The van der Waals surface area contributed by atoms with E-state index in [1.807, 2.05) is 18.2 Å². The molecule has 0 radical (unpaired) electrons. The number of rotatable bonds is 6. The number of ether oxygens (including phenoxy) is 1. The maximum absolute atomic E-state index is 11.2. The topological polar surface area (TPSA) is 44.1 Å². The number of aromatic nitrogens is 2. The first kappa shape index (κ1) is 13.6. The molecule has 0 aliphatic heterocycles. The van der Waals surface area contributed by atoms with Crippen LogP contribution in [-0.4, -0.2) is 22.6 Å². The molecule has 0 aliphatic rings. The minimum absolute atomic E-state index is 0.151. The average molecular weight is 260 g/mol. The van der Waals surface area contributed by atoms with Crippen LogP contribution in [0.5, 0.6) is 0 Å². The lowest BCUT2D eigenvalue weighted by Gasteiger charge is -2.08. The van der Waals surface area contributed by atoms with E-state index >= 15 is 0 Å². The van der Waals surface area contributed by atoms with Crippen molar-refractivity contribution in [2.45, 2.75) is 39.2 Å². The summed E-state index contributed by atoms with van der Waals surface area (Å²) in [5.41, 5.74) is 2.18. The number of esters is 1. The Hall–Kier alpha value is -1.84. The van der Waals surface area contributed by atoms with Crippen molar-refractivity contribution >= 4 is 17.0 Å². The predicted molar refractivity (Wildman–Crippen MR) is 75.0 cm³/mol. The molecule has 4 nitrogen and oxygen atoms in total. The molecule has 0 N–H and O–H groups in total. The summed E-state index contributed by atoms with van der Waals surface area (Å²) in [6.07, 6.45) is 3.27. The second kappa shape index (κ2) is 6.36. The Morgan fingerprint density at radius 1 is 1.37 bits per heavy atom. The van der Waals surface area contributed by atoms with Crippen LogP contribution in [0.15, 0.2) is 24.3 Å². The van der Waals surface area contributed by atoms with Gasteiger partial charge in [-0.1, -0.05) is 19.1 Å². The third kappa shape index (κ3) is 3.13. The molecule has 0 aliphatic carbocycles. The summed E-state index contributed by atoms with van der Waals surface area (Å²) < 4.78 is 6.90. The van der Waals surface area contributed by atoms with Gasteiger partial charge in [-0.2, -0.15) is 0 Å². The minimum atomic E-state index is -0.151. The van der Waals surface area contributed by atoms with E-state index in [9.17, 15) is 4.79 Å². The highest BCUT2D eigenvalue weighted by molar-refractivity contribution is 5.76. The lowest BCUT2D eigenvalue weighted by Crippen LogP contribution is -2.07. The van der Waals surface area contributed by atoms with E-state index in [1.54, 1.807) is 0 Å². The van der Waals surface area contributed by atoms with Gasteiger partial charge in [0.2, 0.25) is 0 Å². The number of methoxy groups -OCH3 is 1. The van der Waals surface area contributed by atoms with Gasteiger partial charge in [-0.25, -0.2) is 4.98 Å². The molecule has 0 amide bonds. The van der Waals surface area contributed by atoms with Crippen molar-refractivity contribution in [2.24, 2.45) is 0 Å². The van der Waals surface area contributed by atoms with Gasteiger partial charge in [0.05, 0.1) is 18.1 Å². The number of fused-ring (bicyclic) bond motifs is 1. The number of para-hydroxylation sites is 2. The van der Waals surface area contributed by atoms with Gasteiger partial charge in [0.25, 0.3) is 0 Å². The zero-order valence-electron chi connectivity index (χ0n) is 11.6. The third-order valence-electron chi connectivity index (χ3n) is 3.20. The number of imidazole rings is 1. The molecule has 102 valence electrons. The standard InChI is InChI=1S/C15H20N2O2/c1-3-7-14-16-12-8-4-5-9-13(12)17(14)11-6-10-15(18)19-2/h4-5,8-9H,3,6-7,10-11H2,1-2H3. The van der Waals surface area contributed by atoms with Crippen LogP contribution in [0.2, 0.25) is 0 Å². The van der Waals surface area contributed by atoms with Crippen molar-refractivity contribution in [3.05, 3.63) is 30.1 Å². The summed E-state index contributed by atoms with van der Waals surface area (Å²) >= 11 is 0. The van der Waals surface area contributed by atoms with Crippen LogP contribution in [0.1, 0.15) is 32.0 Å². The number of nitrogens with zero attached hydrogens (tertiary/aromatic N) is 2. The molecule has 0 atom stereocenters. The fourth-order valence-electron chi connectivity index (χ4n) is 2.27. The predicted octanol–water partition coefficient (Wildman–Crippen LogP) is 2.94. The van der Waals surface area contributed by atoms with Gasteiger partial charge in [-0.3, -0.25) is 4.79 Å². The first-order valence-electron chi connectivity index (χ1n) is 6.77. The first-order chi connectivity index (χ1) is 9.26. The second-order valence-electron chi connectivity index (χ2n) is 4.60. The molecule has 1 aromatic carbocycles. The van der Waals surface area contributed by atoms with E-state index in [1.165, 1.54) is 7.11 Å². The molecule has 1 aromatic heterocycles. The van der Waals surface area contributed by atoms with Crippen LogP contribution in [0, 0.1) is 0 Å². The van der Waals surface area contributed by atoms with Crippen LogP contribution in [-0.2, 0) is 22.5 Å². The van der Waals surface area contributed by atoms with Crippen molar-refractivity contribution in [1.82, 2.24) is 9.55 Å².